The maximum Gasteiger partial charge on any atom is 0.355 e. The molecule has 0 aliphatic heterocycles. The molecule has 0 spiro atoms. The number of rotatable bonds is 6. The van der Waals surface area contributed by atoms with Crippen molar-refractivity contribution in [2.75, 3.05) is 19.0 Å². The third kappa shape index (κ3) is 4.21. The number of nitro groups is 1. The van der Waals surface area contributed by atoms with E-state index >= 15 is 0 Å². The second kappa shape index (κ2) is 7.56. The van der Waals surface area contributed by atoms with Gasteiger partial charge < -0.3 is 19.8 Å². The van der Waals surface area contributed by atoms with Crippen molar-refractivity contribution < 1.29 is 24.0 Å². The van der Waals surface area contributed by atoms with Gasteiger partial charge in [0, 0.05) is 34.8 Å². The van der Waals surface area contributed by atoms with E-state index in [2.05, 4.69) is 10.3 Å². The van der Waals surface area contributed by atoms with Crippen LogP contribution in [0.1, 0.15) is 10.5 Å². The summed E-state index contributed by atoms with van der Waals surface area (Å²) in [6.07, 6.45) is 0. The molecule has 0 bridgehead atoms. The number of esters is 1. The van der Waals surface area contributed by atoms with Crippen LogP contribution < -0.4 is 10.1 Å². The SMILES string of the molecule is COc1ccc2cc(C(=O)OCC(=O)Nc3ccc([N+](=O)[O-])cc3)[nH]c2c1. The van der Waals surface area contributed by atoms with Gasteiger partial charge in [-0.15, -0.1) is 0 Å². The highest BCUT2D eigenvalue weighted by atomic mass is 16.6. The Balaban J connectivity index is 1.58. The van der Waals surface area contributed by atoms with E-state index in [0.717, 1.165) is 5.39 Å². The van der Waals surface area contributed by atoms with Crippen LogP contribution >= 0.6 is 0 Å². The normalized spacial score (nSPS) is 10.4. The fourth-order valence-electron chi connectivity index (χ4n) is 2.42. The Morgan fingerprint density at radius 2 is 1.89 bits per heavy atom. The Bertz CT molecular complexity index is 1010. The first-order valence-corrected chi connectivity index (χ1v) is 7.84. The van der Waals surface area contributed by atoms with Crippen LogP contribution in [0.2, 0.25) is 0 Å². The van der Waals surface area contributed by atoms with Crippen LogP contribution in [0.5, 0.6) is 5.75 Å². The number of aromatic amines is 1. The number of carbonyl (C=O) groups is 2. The Morgan fingerprint density at radius 1 is 1.15 bits per heavy atom. The summed E-state index contributed by atoms with van der Waals surface area (Å²) in [5, 5.41) is 13.9. The monoisotopic (exact) mass is 369 g/mol. The summed E-state index contributed by atoms with van der Waals surface area (Å²) in [4.78, 5) is 36.9. The average molecular weight is 369 g/mol. The highest BCUT2D eigenvalue weighted by Gasteiger charge is 2.14. The van der Waals surface area contributed by atoms with Crippen molar-refractivity contribution in [2.24, 2.45) is 0 Å². The second-order valence-corrected chi connectivity index (χ2v) is 5.56. The number of methoxy groups -OCH3 is 1. The van der Waals surface area contributed by atoms with Crippen molar-refractivity contribution in [3.63, 3.8) is 0 Å². The van der Waals surface area contributed by atoms with Crippen molar-refractivity contribution >= 4 is 34.2 Å². The molecule has 0 radical (unpaired) electrons. The quantitative estimate of drug-likeness (QED) is 0.391. The van der Waals surface area contributed by atoms with E-state index in [9.17, 15) is 19.7 Å². The number of non-ortho nitro benzene ring substituents is 1. The lowest BCUT2D eigenvalue weighted by Gasteiger charge is -2.05. The molecule has 1 aromatic heterocycles. The van der Waals surface area contributed by atoms with Crippen LogP contribution in [0.3, 0.4) is 0 Å². The molecular weight excluding hydrogens is 354 g/mol. The van der Waals surface area contributed by atoms with Crippen molar-refractivity contribution in [1.82, 2.24) is 4.98 Å². The molecule has 0 unspecified atom stereocenters. The van der Waals surface area contributed by atoms with E-state index in [1.807, 2.05) is 0 Å². The largest absolute Gasteiger partial charge is 0.497 e. The predicted octanol–water partition coefficient (Wildman–Crippen LogP) is 2.88. The molecule has 2 aromatic carbocycles. The number of hydrogen-bond donors (Lipinski definition) is 2. The van der Waals surface area contributed by atoms with Crippen LogP contribution in [0.4, 0.5) is 11.4 Å². The first-order valence-electron chi connectivity index (χ1n) is 7.84. The zero-order chi connectivity index (χ0) is 19.4. The third-order valence-corrected chi connectivity index (χ3v) is 3.75. The Labute approximate surface area is 153 Å². The van der Waals surface area contributed by atoms with Crippen molar-refractivity contribution in [3.8, 4) is 5.75 Å². The van der Waals surface area contributed by atoms with Crippen molar-refractivity contribution in [3.05, 3.63) is 64.3 Å². The summed E-state index contributed by atoms with van der Waals surface area (Å²) in [6.45, 7) is -0.492. The minimum absolute atomic E-state index is 0.0881. The summed E-state index contributed by atoms with van der Waals surface area (Å²) < 4.78 is 10.1. The molecule has 0 aliphatic rings. The highest BCUT2D eigenvalue weighted by molar-refractivity contribution is 5.97. The predicted molar refractivity (Wildman–Crippen MR) is 96.9 cm³/mol. The number of amides is 1. The maximum absolute atomic E-state index is 12.1. The summed E-state index contributed by atoms with van der Waals surface area (Å²) in [7, 11) is 1.54. The number of carbonyl (C=O) groups excluding carboxylic acids is 2. The van der Waals surface area contributed by atoms with Crippen LogP contribution in [0.15, 0.2) is 48.5 Å². The number of fused-ring (bicyclic) bond motifs is 1. The standard InChI is InChI=1S/C18H15N3O6/c1-26-14-7-2-11-8-16(20-15(11)9-14)18(23)27-10-17(22)19-12-3-5-13(6-4-12)21(24)25/h2-9,20H,10H2,1H3,(H,19,22). The fraction of sp³-hybridized carbons (Fsp3) is 0.111. The molecule has 3 aromatic rings. The topological polar surface area (TPSA) is 124 Å². The van der Waals surface area contributed by atoms with Crippen molar-refractivity contribution in [2.45, 2.75) is 0 Å². The zero-order valence-corrected chi connectivity index (χ0v) is 14.2. The molecule has 1 amide bonds. The Hall–Kier alpha value is -3.88. The first-order chi connectivity index (χ1) is 13.0. The minimum atomic E-state index is -0.677. The lowest BCUT2D eigenvalue weighted by atomic mass is 10.2. The summed E-state index contributed by atoms with van der Waals surface area (Å²) in [5.74, 6) is -0.592. The molecule has 9 heteroatoms. The molecule has 2 N–H and O–H groups in total. The second-order valence-electron chi connectivity index (χ2n) is 5.56. The minimum Gasteiger partial charge on any atom is -0.497 e. The molecular formula is C18H15N3O6. The van der Waals surface area contributed by atoms with Gasteiger partial charge in [0.15, 0.2) is 6.61 Å². The summed E-state index contributed by atoms with van der Waals surface area (Å²) in [5.41, 5.74) is 1.19. The molecule has 138 valence electrons. The van der Waals surface area contributed by atoms with Crippen LogP contribution in [0.25, 0.3) is 10.9 Å². The first kappa shape index (κ1) is 17.9. The average Bonchev–Trinajstić information content (AvgIpc) is 3.09. The summed E-state index contributed by atoms with van der Waals surface area (Å²) >= 11 is 0. The Morgan fingerprint density at radius 3 is 2.56 bits per heavy atom. The van der Waals surface area contributed by atoms with Gasteiger partial charge in [0.25, 0.3) is 11.6 Å². The van der Waals surface area contributed by atoms with E-state index in [0.29, 0.717) is 17.0 Å². The number of H-pyrrole nitrogens is 1. The van der Waals surface area contributed by atoms with Crippen LogP contribution in [0, 0.1) is 10.1 Å². The van der Waals surface area contributed by atoms with Gasteiger partial charge in [-0.1, -0.05) is 0 Å². The number of anilines is 1. The number of nitrogens with one attached hydrogen (secondary N) is 2. The smallest absolute Gasteiger partial charge is 0.355 e. The maximum atomic E-state index is 12.1. The number of nitrogens with zero attached hydrogens (tertiary/aromatic N) is 1. The van der Waals surface area contributed by atoms with Crippen LogP contribution in [-0.4, -0.2) is 35.5 Å². The van der Waals surface area contributed by atoms with Gasteiger partial charge in [0.05, 0.1) is 12.0 Å². The van der Waals surface area contributed by atoms with Gasteiger partial charge in [-0.2, -0.15) is 0 Å². The highest BCUT2D eigenvalue weighted by Crippen LogP contribution is 2.21. The summed E-state index contributed by atoms with van der Waals surface area (Å²) in [6, 6.07) is 12.2. The number of aromatic nitrogens is 1. The fourth-order valence-corrected chi connectivity index (χ4v) is 2.42. The molecule has 0 fully saturated rings. The van der Waals surface area contributed by atoms with Gasteiger partial charge in [-0.25, -0.2) is 4.79 Å². The van der Waals surface area contributed by atoms with E-state index in [1.54, 1.807) is 31.4 Å². The molecule has 0 saturated carbocycles. The lowest BCUT2D eigenvalue weighted by molar-refractivity contribution is -0.384. The van der Waals surface area contributed by atoms with Gasteiger partial charge >= 0.3 is 5.97 Å². The van der Waals surface area contributed by atoms with E-state index in [1.165, 1.54) is 24.3 Å². The van der Waals surface area contributed by atoms with Crippen molar-refractivity contribution in [1.29, 1.82) is 0 Å². The van der Waals surface area contributed by atoms with Gasteiger partial charge in [-0.05, 0) is 30.3 Å². The molecule has 3 rings (SSSR count). The van der Waals surface area contributed by atoms with E-state index in [-0.39, 0.29) is 11.4 Å². The number of benzene rings is 2. The third-order valence-electron chi connectivity index (χ3n) is 3.75. The van der Waals surface area contributed by atoms with Gasteiger partial charge in [-0.3, -0.25) is 14.9 Å². The van der Waals surface area contributed by atoms with Gasteiger partial charge in [0.1, 0.15) is 11.4 Å². The number of hydrogen-bond acceptors (Lipinski definition) is 6. The van der Waals surface area contributed by atoms with Gasteiger partial charge in [0.2, 0.25) is 0 Å². The zero-order valence-electron chi connectivity index (χ0n) is 14.2. The number of ether oxygens (including phenoxy) is 2. The van der Waals surface area contributed by atoms with E-state index in [4.69, 9.17) is 9.47 Å². The molecule has 0 aliphatic carbocycles. The molecule has 1 heterocycles. The Kier molecular flexibility index (Phi) is 5.02. The van der Waals surface area contributed by atoms with Crippen LogP contribution in [-0.2, 0) is 9.53 Å². The molecule has 0 atom stereocenters. The molecule has 0 saturated heterocycles. The lowest BCUT2D eigenvalue weighted by Crippen LogP contribution is -2.21. The van der Waals surface area contributed by atoms with E-state index < -0.39 is 23.4 Å². The molecule has 9 nitrogen and oxygen atoms in total. The molecule has 27 heavy (non-hydrogen) atoms. The number of nitro benzene ring substituents is 1.